The molecule has 0 radical (unpaired) electrons. The van der Waals surface area contributed by atoms with Crippen molar-refractivity contribution >= 4 is 11.7 Å². The molecule has 2 rings (SSSR count). The summed E-state index contributed by atoms with van der Waals surface area (Å²) in [5.41, 5.74) is 13.8. The number of rotatable bonds is 3. The molecule has 0 saturated heterocycles. The topological polar surface area (TPSA) is 67.5 Å². The molecule has 0 heterocycles. The SMILES string of the molecule is CCc1cc2c(cc1C(C)=NNC(N)=O)C(C)(C)CCC2(C)C. The highest BCUT2D eigenvalue weighted by Gasteiger charge is 2.37. The molecule has 0 aromatic heterocycles. The Kier molecular flexibility index (Phi) is 4.56. The molecule has 2 amide bonds. The summed E-state index contributed by atoms with van der Waals surface area (Å²) in [6.45, 7) is 13.3. The van der Waals surface area contributed by atoms with E-state index >= 15 is 0 Å². The van der Waals surface area contributed by atoms with E-state index in [-0.39, 0.29) is 10.8 Å². The van der Waals surface area contributed by atoms with Gasteiger partial charge in [0.2, 0.25) is 0 Å². The Bertz CT molecular complexity index is 657. The largest absolute Gasteiger partial charge is 0.350 e. The van der Waals surface area contributed by atoms with Crippen molar-refractivity contribution in [2.45, 2.75) is 71.6 Å². The fourth-order valence-electron chi connectivity index (χ4n) is 3.49. The fourth-order valence-corrected chi connectivity index (χ4v) is 3.49. The quantitative estimate of drug-likeness (QED) is 0.642. The smallest absolute Gasteiger partial charge is 0.332 e. The van der Waals surface area contributed by atoms with Gasteiger partial charge in [0.25, 0.3) is 0 Å². The van der Waals surface area contributed by atoms with E-state index in [4.69, 9.17) is 5.73 Å². The standard InChI is InChI=1S/C19H29N3O/c1-7-13-10-15-16(19(5,6)9-8-18(15,3)4)11-14(13)12(2)21-22-17(20)23/h10-11H,7-9H2,1-6H3,(H3,20,22,23). The lowest BCUT2D eigenvalue weighted by atomic mass is 9.62. The van der Waals surface area contributed by atoms with Crippen LogP contribution in [0.1, 0.15) is 76.6 Å². The third-order valence-electron chi connectivity index (χ3n) is 5.18. The van der Waals surface area contributed by atoms with Gasteiger partial charge >= 0.3 is 6.03 Å². The van der Waals surface area contributed by atoms with Crippen molar-refractivity contribution in [3.63, 3.8) is 0 Å². The van der Waals surface area contributed by atoms with Crippen LogP contribution >= 0.6 is 0 Å². The minimum atomic E-state index is -0.637. The Hall–Kier alpha value is -1.84. The lowest BCUT2D eigenvalue weighted by molar-refractivity contribution is 0.249. The van der Waals surface area contributed by atoms with Crippen LogP contribution in [-0.2, 0) is 17.3 Å². The minimum absolute atomic E-state index is 0.156. The summed E-state index contributed by atoms with van der Waals surface area (Å²) in [7, 11) is 0. The first-order valence-electron chi connectivity index (χ1n) is 8.36. The minimum Gasteiger partial charge on any atom is -0.350 e. The number of hydrogen-bond donors (Lipinski definition) is 2. The van der Waals surface area contributed by atoms with Gasteiger partial charge in [0.15, 0.2) is 0 Å². The van der Waals surface area contributed by atoms with E-state index in [1.807, 2.05) is 6.92 Å². The highest BCUT2D eigenvalue weighted by molar-refractivity contribution is 6.00. The van der Waals surface area contributed by atoms with Crippen LogP contribution in [0, 0.1) is 0 Å². The van der Waals surface area contributed by atoms with Crippen molar-refractivity contribution in [1.29, 1.82) is 0 Å². The summed E-state index contributed by atoms with van der Waals surface area (Å²) in [6, 6.07) is 3.98. The third-order valence-corrected chi connectivity index (χ3v) is 5.18. The number of nitrogens with two attached hydrogens (primary N) is 1. The molecule has 4 heteroatoms. The Labute approximate surface area is 139 Å². The molecule has 0 atom stereocenters. The monoisotopic (exact) mass is 315 g/mol. The predicted molar refractivity (Wildman–Crippen MR) is 96.0 cm³/mol. The summed E-state index contributed by atoms with van der Waals surface area (Å²) in [4.78, 5) is 10.9. The molecule has 0 unspecified atom stereocenters. The van der Waals surface area contributed by atoms with Crippen LogP contribution in [0.2, 0.25) is 0 Å². The van der Waals surface area contributed by atoms with Crippen molar-refractivity contribution in [2.75, 3.05) is 0 Å². The van der Waals surface area contributed by atoms with Gasteiger partial charge in [-0.2, -0.15) is 5.10 Å². The van der Waals surface area contributed by atoms with Crippen molar-refractivity contribution in [3.05, 3.63) is 34.4 Å². The second-order valence-electron chi connectivity index (χ2n) is 7.85. The number of nitrogens with zero attached hydrogens (tertiary/aromatic N) is 1. The molecule has 0 spiro atoms. The van der Waals surface area contributed by atoms with Crippen molar-refractivity contribution in [2.24, 2.45) is 10.8 Å². The van der Waals surface area contributed by atoms with E-state index in [9.17, 15) is 4.79 Å². The number of hydrogen-bond acceptors (Lipinski definition) is 2. The second kappa shape index (κ2) is 5.99. The first kappa shape index (κ1) is 17.5. The van der Waals surface area contributed by atoms with E-state index < -0.39 is 6.03 Å². The molecule has 1 aliphatic carbocycles. The molecule has 4 nitrogen and oxygen atoms in total. The maximum Gasteiger partial charge on any atom is 0.332 e. The number of carbonyl (C=O) groups is 1. The van der Waals surface area contributed by atoms with Crippen molar-refractivity contribution in [3.8, 4) is 0 Å². The van der Waals surface area contributed by atoms with Crippen molar-refractivity contribution < 1.29 is 4.79 Å². The lowest BCUT2D eigenvalue weighted by Crippen LogP contribution is -2.34. The zero-order chi connectivity index (χ0) is 17.4. The Morgan fingerprint density at radius 2 is 1.70 bits per heavy atom. The van der Waals surface area contributed by atoms with Gasteiger partial charge in [0.05, 0.1) is 5.71 Å². The van der Waals surface area contributed by atoms with Crippen molar-refractivity contribution in [1.82, 2.24) is 5.43 Å². The predicted octanol–water partition coefficient (Wildman–Crippen LogP) is 3.99. The molecule has 126 valence electrons. The second-order valence-corrected chi connectivity index (χ2v) is 7.85. The average Bonchev–Trinajstić information content (AvgIpc) is 2.48. The van der Waals surface area contributed by atoms with Crippen LogP contribution in [0.15, 0.2) is 17.2 Å². The molecule has 0 fully saturated rings. The Morgan fingerprint density at radius 3 is 2.17 bits per heavy atom. The molecular weight excluding hydrogens is 286 g/mol. The maximum atomic E-state index is 10.9. The van der Waals surface area contributed by atoms with E-state index in [0.29, 0.717) is 0 Å². The molecule has 0 bridgehead atoms. The molecule has 1 aromatic carbocycles. The van der Waals surface area contributed by atoms with Gasteiger partial charge in [-0.05, 0) is 59.8 Å². The van der Waals surface area contributed by atoms with Gasteiger partial charge in [-0.15, -0.1) is 0 Å². The van der Waals surface area contributed by atoms with Gasteiger partial charge in [-0.1, -0.05) is 40.7 Å². The van der Waals surface area contributed by atoms with Crippen LogP contribution in [-0.4, -0.2) is 11.7 Å². The maximum absolute atomic E-state index is 10.9. The van der Waals surface area contributed by atoms with E-state index in [1.165, 1.54) is 29.5 Å². The van der Waals surface area contributed by atoms with E-state index in [1.54, 1.807) is 0 Å². The molecule has 3 N–H and O–H groups in total. The van der Waals surface area contributed by atoms with Crippen LogP contribution in [0.5, 0.6) is 0 Å². The summed E-state index contributed by atoms with van der Waals surface area (Å²) in [6.07, 6.45) is 3.31. The summed E-state index contributed by atoms with van der Waals surface area (Å²) < 4.78 is 0. The fraction of sp³-hybridized carbons (Fsp3) is 0.579. The number of fused-ring (bicyclic) bond motifs is 1. The zero-order valence-electron chi connectivity index (χ0n) is 15.2. The van der Waals surface area contributed by atoms with Gasteiger partial charge in [0.1, 0.15) is 0 Å². The molecular formula is C19H29N3O. The molecule has 23 heavy (non-hydrogen) atoms. The Balaban J connectivity index is 2.62. The number of urea groups is 1. The van der Waals surface area contributed by atoms with Gasteiger partial charge < -0.3 is 5.73 Å². The number of aryl methyl sites for hydroxylation is 1. The molecule has 0 saturated carbocycles. The van der Waals surface area contributed by atoms with E-state index in [2.05, 4.69) is 57.3 Å². The van der Waals surface area contributed by atoms with Crippen LogP contribution < -0.4 is 11.2 Å². The van der Waals surface area contributed by atoms with Crippen LogP contribution in [0.4, 0.5) is 4.79 Å². The summed E-state index contributed by atoms with van der Waals surface area (Å²) in [5, 5.41) is 4.13. The third kappa shape index (κ3) is 3.41. The van der Waals surface area contributed by atoms with Crippen LogP contribution in [0.3, 0.4) is 0 Å². The van der Waals surface area contributed by atoms with E-state index in [0.717, 1.165) is 17.7 Å². The number of hydrazone groups is 1. The van der Waals surface area contributed by atoms with Gasteiger partial charge in [0, 0.05) is 5.56 Å². The van der Waals surface area contributed by atoms with Gasteiger partial charge in [-0.3, -0.25) is 0 Å². The first-order valence-corrected chi connectivity index (χ1v) is 8.36. The normalized spacial score (nSPS) is 19.1. The number of benzene rings is 1. The average molecular weight is 315 g/mol. The number of amides is 2. The highest BCUT2D eigenvalue weighted by Crippen LogP contribution is 2.46. The molecule has 1 aromatic rings. The lowest BCUT2D eigenvalue weighted by Gasteiger charge is -2.42. The number of carbonyl (C=O) groups excluding carboxylic acids is 1. The molecule has 1 aliphatic rings. The molecule has 0 aliphatic heterocycles. The van der Waals surface area contributed by atoms with Crippen LogP contribution in [0.25, 0.3) is 0 Å². The number of nitrogens with one attached hydrogen (secondary N) is 1. The number of primary amides is 1. The first-order chi connectivity index (χ1) is 10.6. The highest BCUT2D eigenvalue weighted by atomic mass is 16.2. The summed E-state index contributed by atoms with van der Waals surface area (Å²) >= 11 is 0. The van der Waals surface area contributed by atoms with Gasteiger partial charge in [-0.25, -0.2) is 10.2 Å². The Morgan fingerprint density at radius 1 is 1.17 bits per heavy atom. The zero-order valence-corrected chi connectivity index (χ0v) is 15.2. The summed E-state index contributed by atoms with van der Waals surface area (Å²) in [5.74, 6) is 0.